The van der Waals surface area contributed by atoms with Gasteiger partial charge in [-0.3, -0.25) is 4.79 Å². The Bertz CT molecular complexity index is 574. The lowest BCUT2D eigenvalue weighted by molar-refractivity contribution is -0.122. The van der Waals surface area contributed by atoms with Crippen molar-refractivity contribution >= 4 is 11.6 Å². The highest BCUT2D eigenvalue weighted by Crippen LogP contribution is 2.18. The number of carbonyl (C=O) groups is 1. The van der Waals surface area contributed by atoms with Crippen LogP contribution in [0.1, 0.15) is 20.3 Å². The van der Waals surface area contributed by atoms with Crippen LogP contribution < -0.4 is 11.1 Å². The van der Waals surface area contributed by atoms with Crippen LogP contribution in [0.15, 0.2) is 36.7 Å². The Morgan fingerprint density at radius 3 is 2.75 bits per heavy atom. The Balaban J connectivity index is 2.13. The average molecular weight is 272 g/mol. The fraction of sp³-hybridized carbons (Fsp3) is 0.333. The summed E-state index contributed by atoms with van der Waals surface area (Å²) in [6.45, 7) is 4.30. The zero-order valence-corrected chi connectivity index (χ0v) is 11.8. The third-order valence-corrected chi connectivity index (χ3v) is 3.22. The maximum absolute atomic E-state index is 11.9. The van der Waals surface area contributed by atoms with E-state index in [4.69, 9.17) is 5.73 Å². The highest BCUT2D eigenvalue weighted by Gasteiger charge is 2.10. The maximum atomic E-state index is 11.9. The molecule has 0 saturated carbocycles. The summed E-state index contributed by atoms with van der Waals surface area (Å²) in [5.74, 6) is 0.762. The average Bonchev–Trinajstić information content (AvgIpc) is 2.87. The zero-order chi connectivity index (χ0) is 14.5. The molecule has 0 aliphatic heterocycles. The molecule has 0 saturated heterocycles. The van der Waals surface area contributed by atoms with Gasteiger partial charge in [0.25, 0.3) is 0 Å². The van der Waals surface area contributed by atoms with Crippen molar-refractivity contribution in [3.63, 3.8) is 0 Å². The summed E-state index contributed by atoms with van der Waals surface area (Å²) in [6.07, 6.45) is 4.42. The van der Waals surface area contributed by atoms with Gasteiger partial charge in [-0.2, -0.15) is 0 Å². The normalized spacial score (nSPS) is 12.1. The summed E-state index contributed by atoms with van der Waals surface area (Å²) in [6, 6.07) is 7.65. The monoisotopic (exact) mass is 272 g/mol. The minimum atomic E-state index is -0.00551. The molecule has 1 aromatic heterocycles. The molecule has 0 bridgehead atoms. The number of carbonyl (C=O) groups excluding carboxylic acids is 1. The van der Waals surface area contributed by atoms with E-state index in [9.17, 15) is 4.79 Å². The molecule has 1 aromatic carbocycles. The largest absolute Gasteiger partial charge is 0.399 e. The molecule has 106 valence electrons. The van der Waals surface area contributed by atoms with E-state index in [0.717, 1.165) is 17.8 Å². The van der Waals surface area contributed by atoms with Crippen molar-refractivity contribution < 1.29 is 4.79 Å². The second kappa shape index (κ2) is 6.23. The standard InChI is InChI=1S/C15H20N4O/c1-3-11(2)18-14(20)10-19-9-8-17-15(19)12-4-6-13(16)7-5-12/h4-9,11H,3,10,16H2,1-2H3,(H,18,20). The highest BCUT2D eigenvalue weighted by molar-refractivity contribution is 5.76. The molecular formula is C15H20N4O. The molecule has 1 heterocycles. The van der Waals surface area contributed by atoms with E-state index in [1.807, 2.05) is 48.9 Å². The Labute approximate surface area is 118 Å². The number of rotatable bonds is 5. The number of nitrogens with zero attached hydrogens (tertiary/aromatic N) is 2. The second-order valence-corrected chi connectivity index (χ2v) is 4.88. The smallest absolute Gasteiger partial charge is 0.240 e. The topological polar surface area (TPSA) is 72.9 Å². The predicted octanol–water partition coefficient (Wildman–Crippen LogP) is 2.05. The minimum absolute atomic E-state index is 0.00551. The quantitative estimate of drug-likeness (QED) is 0.818. The van der Waals surface area contributed by atoms with Gasteiger partial charge in [-0.1, -0.05) is 6.92 Å². The Hall–Kier alpha value is -2.30. The molecule has 1 amide bonds. The van der Waals surface area contributed by atoms with Crippen LogP contribution >= 0.6 is 0 Å². The molecule has 5 heteroatoms. The maximum Gasteiger partial charge on any atom is 0.240 e. The summed E-state index contributed by atoms with van der Waals surface area (Å²) < 4.78 is 1.84. The predicted molar refractivity (Wildman–Crippen MR) is 80.0 cm³/mol. The van der Waals surface area contributed by atoms with Crippen LogP contribution in [-0.4, -0.2) is 21.5 Å². The van der Waals surface area contributed by atoms with Crippen molar-refractivity contribution in [3.8, 4) is 11.4 Å². The van der Waals surface area contributed by atoms with Gasteiger partial charge in [0.2, 0.25) is 5.91 Å². The number of nitrogens with one attached hydrogen (secondary N) is 1. The van der Waals surface area contributed by atoms with Gasteiger partial charge in [0.15, 0.2) is 0 Å². The van der Waals surface area contributed by atoms with Gasteiger partial charge in [0, 0.05) is 29.7 Å². The molecule has 1 atom stereocenters. The SMILES string of the molecule is CCC(C)NC(=O)Cn1ccnc1-c1ccc(N)cc1. The fourth-order valence-electron chi connectivity index (χ4n) is 1.91. The van der Waals surface area contributed by atoms with Gasteiger partial charge in [0.1, 0.15) is 12.4 Å². The number of benzene rings is 1. The molecule has 20 heavy (non-hydrogen) atoms. The van der Waals surface area contributed by atoms with Crippen molar-refractivity contribution in [2.45, 2.75) is 32.9 Å². The first kappa shape index (κ1) is 14.1. The van der Waals surface area contributed by atoms with Crippen molar-refractivity contribution in [1.82, 2.24) is 14.9 Å². The lowest BCUT2D eigenvalue weighted by Gasteiger charge is -2.13. The van der Waals surface area contributed by atoms with E-state index in [0.29, 0.717) is 5.69 Å². The van der Waals surface area contributed by atoms with Crippen LogP contribution in [0.5, 0.6) is 0 Å². The van der Waals surface area contributed by atoms with Crippen molar-refractivity contribution in [2.75, 3.05) is 5.73 Å². The molecule has 2 aromatic rings. The van der Waals surface area contributed by atoms with Crippen LogP contribution in [0, 0.1) is 0 Å². The number of aromatic nitrogens is 2. The molecule has 0 aliphatic carbocycles. The molecule has 1 unspecified atom stereocenters. The first-order valence-electron chi connectivity index (χ1n) is 6.76. The van der Waals surface area contributed by atoms with E-state index >= 15 is 0 Å². The van der Waals surface area contributed by atoms with Gasteiger partial charge in [-0.05, 0) is 37.6 Å². The molecule has 3 N–H and O–H groups in total. The molecule has 0 spiro atoms. The summed E-state index contributed by atoms with van der Waals surface area (Å²) in [7, 11) is 0. The zero-order valence-electron chi connectivity index (χ0n) is 11.8. The van der Waals surface area contributed by atoms with E-state index in [-0.39, 0.29) is 18.5 Å². The van der Waals surface area contributed by atoms with Crippen LogP contribution in [0.2, 0.25) is 0 Å². The molecule has 0 fully saturated rings. The van der Waals surface area contributed by atoms with E-state index in [1.54, 1.807) is 6.20 Å². The second-order valence-electron chi connectivity index (χ2n) is 4.88. The molecule has 0 radical (unpaired) electrons. The Kier molecular flexibility index (Phi) is 4.40. The summed E-state index contributed by atoms with van der Waals surface area (Å²) in [4.78, 5) is 16.2. The van der Waals surface area contributed by atoms with Gasteiger partial charge in [-0.25, -0.2) is 4.98 Å². The number of anilines is 1. The molecule has 5 nitrogen and oxygen atoms in total. The molecule has 2 rings (SSSR count). The van der Waals surface area contributed by atoms with Gasteiger partial charge in [-0.15, -0.1) is 0 Å². The first-order chi connectivity index (χ1) is 9.60. The van der Waals surface area contributed by atoms with E-state index in [2.05, 4.69) is 10.3 Å². The van der Waals surface area contributed by atoms with Crippen LogP contribution in [0.3, 0.4) is 0 Å². The number of imidazole rings is 1. The minimum Gasteiger partial charge on any atom is -0.399 e. The Morgan fingerprint density at radius 1 is 1.40 bits per heavy atom. The van der Waals surface area contributed by atoms with Gasteiger partial charge in [0.05, 0.1) is 0 Å². The van der Waals surface area contributed by atoms with Gasteiger partial charge < -0.3 is 15.6 Å². The van der Waals surface area contributed by atoms with Gasteiger partial charge >= 0.3 is 0 Å². The fourth-order valence-corrected chi connectivity index (χ4v) is 1.91. The number of hydrogen-bond acceptors (Lipinski definition) is 3. The van der Waals surface area contributed by atoms with E-state index < -0.39 is 0 Å². The Morgan fingerprint density at radius 2 is 2.10 bits per heavy atom. The van der Waals surface area contributed by atoms with Crippen LogP contribution in [-0.2, 0) is 11.3 Å². The number of nitrogen functional groups attached to an aromatic ring is 1. The van der Waals surface area contributed by atoms with Crippen molar-refractivity contribution in [1.29, 1.82) is 0 Å². The lowest BCUT2D eigenvalue weighted by atomic mass is 10.2. The molecule has 0 aliphatic rings. The lowest BCUT2D eigenvalue weighted by Crippen LogP contribution is -2.34. The van der Waals surface area contributed by atoms with Crippen molar-refractivity contribution in [2.24, 2.45) is 0 Å². The third kappa shape index (κ3) is 3.38. The van der Waals surface area contributed by atoms with Crippen LogP contribution in [0.4, 0.5) is 5.69 Å². The number of amides is 1. The number of nitrogens with two attached hydrogens (primary N) is 1. The van der Waals surface area contributed by atoms with E-state index in [1.165, 1.54) is 0 Å². The number of hydrogen-bond donors (Lipinski definition) is 2. The summed E-state index contributed by atoms with van der Waals surface area (Å²) in [5.41, 5.74) is 7.33. The van der Waals surface area contributed by atoms with Crippen molar-refractivity contribution in [3.05, 3.63) is 36.7 Å². The summed E-state index contributed by atoms with van der Waals surface area (Å²) >= 11 is 0. The summed E-state index contributed by atoms with van der Waals surface area (Å²) in [5, 5.41) is 2.95. The first-order valence-corrected chi connectivity index (χ1v) is 6.76. The highest BCUT2D eigenvalue weighted by atomic mass is 16.2. The molecular weight excluding hydrogens is 252 g/mol. The third-order valence-electron chi connectivity index (χ3n) is 3.22. The van der Waals surface area contributed by atoms with Crippen LogP contribution in [0.25, 0.3) is 11.4 Å².